The summed E-state index contributed by atoms with van der Waals surface area (Å²) in [5.74, 6) is -1.09. The summed E-state index contributed by atoms with van der Waals surface area (Å²) in [6.45, 7) is 1.66. The molecule has 0 fully saturated rings. The van der Waals surface area contributed by atoms with Crippen molar-refractivity contribution in [3.05, 3.63) is 28.2 Å². The van der Waals surface area contributed by atoms with Crippen molar-refractivity contribution in [2.24, 2.45) is 0 Å². The maximum atomic E-state index is 11.5. The van der Waals surface area contributed by atoms with E-state index in [9.17, 15) is 9.59 Å². The van der Waals surface area contributed by atoms with Crippen molar-refractivity contribution in [2.45, 2.75) is 19.4 Å². The molecule has 1 unspecified atom stereocenters. The van der Waals surface area contributed by atoms with Gasteiger partial charge in [0, 0.05) is 15.7 Å². The van der Waals surface area contributed by atoms with Crippen LogP contribution in [0.2, 0.25) is 10.0 Å². The number of hydrogen-bond donors (Lipinski definition) is 3. The Morgan fingerprint density at radius 1 is 1.28 bits per heavy atom. The number of rotatable bonds is 4. The van der Waals surface area contributed by atoms with Gasteiger partial charge in [-0.3, -0.25) is 0 Å². The second-order valence-electron chi connectivity index (χ2n) is 3.56. The minimum absolute atomic E-state index is 0.291. The number of halogens is 2. The van der Waals surface area contributed by atoms with Crippen LogP contribution in [0.5, 0.6) is 0 Å². The zero-order chi connectivity index (χ0) is 13.7. The van der Waals surface area contributed by atoms with Gasteiger partial charge < -0.3 is 15.7 Å². The molecule has 18 heavy (non-hydrogen) atoms. The number of aliphatic carboxylic acids is 1. The molecule has 0 spiro atoms. The molecular formula is C11H12Cl2N2O3. The van der Waals surface area contributed by atoms with E-state index in [1.54, 1.807) is 6.92 Å². The zero-order valence-electron chi connectivity index (χ0n) is 9.54. The van der Waals surface area contributed by atoms with Gasteiger partial charge in [-0.25, -0.2) is 9.59 Å². The molecule has 1 aromatic rings. The normalized spacial score (nSPS) is 11.7. The van der Waals surface area contributed by atoms with Gasteiger partial charge in [0.05, 0.1) is 0 Å². The molecule has 1 rings (SSSR count). The number of amides is 2. The van der Waals surface area contributed by atoms with Gasteiger partial charge in [-0.2, -0.15) is 0 Å². The van der Waals surface area contributed by atoms with Gasteiger partial charge >= 0.3 is 12.0 Å². The second kappa shape index (κ2) is 6.47. The number of hydrogen-bond acceptors (Lipinski definition) is 2. The van der Waals surface area contributed by atoms with Crippen LogP contribution in [0.3, 0.4) is 0 Å². The number of urea groups is 1. The van der Waals surface area contributed by atoms with Crippen molar-refractivity contribution >= 4 is 40.9 Å². The quantitative estimate of drug-likeness (QED) is 0.798. The third kappa shape index (κ3) is 4.43. The standard InChI is InChI=1S/C11H12Cl2N2O3/c1-2-9(10(16)17)15-11(18)14-8-4-6(12)3-7(13)5-8/h3-5,9H,2H2,1H3,(H,16,17)(H2,14,15,18). The highest BCUT2D eigenvalue weighted by Gasteiger charge is 2.17. The molecule has 7 heteroatoms. The Bertz CT molecular complexity index is 445. The topological polar surface area (TPSA) is 78.4 Å². The van der Waals surface area contributed by atoms with Crippen molar-refractivity contribution in [1.29, 1.82) is 0 Å². The Kier molecular flexibility index (Phi) is 5.25. The van der Waals surface area contributed by atoms with Gasteiger partial charge in [0.15, 0.2) is 0 Å². The first-order valence-corrected chi connectivity index (χ1v) is 5.94. The molecule has 0 aliphatic heterocycles. The number of carbonyl (C=O) groups excluding carboxylic acids is 1. The Morgan fingerprint density at radius 2 is 1.83 bits per heavy atom. The Balaban J connectivity index is 2.67. The van der Waals surface area contributed by atoms with E-state index in [0.717, 1.165) is 0 Å². The van der Waals surface area contributed by atoms with Crippen LogP contribution in [0, 0.1) is 0 Å². The first-order chi connectivity index (χ1) is 8.42. The predicted octanol–water partition coefficient (Wildman–Crippen LogP) is 2.98. The van der Waals surface area contributed by atoms with Crippen molar-refractivity contribution in [2.75, 3.05) is 5.32 Å². The predicted molar refractivity (Wildman–Crippen MR) is 70.3 cm³/mol. The fourth-order valence-electron chi connectivity index (χ4n) is 1.29. The van der Waals surface area contributed by atoms with Gasteiger partial charge in [-0.05, 0) is 24.6 Å². The Labute approximate surface area is 114 Å². The molecule has 0 aliphatic carbocycles. The van der Waals surface area contributed by atoms with Gasteiger partial charge in [0.1, 0.15) is 6.04 Å². The lowest BCUT2D eigenvalue weighted by Gasteiger charge is -2.13. The Morgan fingerprint density at radius 3 is 2.28 bits per heavy atom. The van der Waals surface area contributed by atoms with E-state index in [0.29, 0.717) is 22.2 Å². The third-order valence-electron chi connectivity index (χ3n) is 2.13. The third-order valence-corrected chi connectivity index (χ3v) is 2.57. The molecule has 1 atom stereocenters. The lowest BCUT2D eigenvalue weighted by atomic mass is 10.2. The summed E-state index contributed by atoms with van der Waals surface area (Å²) in [4.78, 5) is 22.3. The maximum absolute atomic E-state index is 11.5. The molecule has 5 nitrogen and oxygen atoms in total. The maximum Gasteiger partial charge on any atom is 0.326 e. The van der Waals surface area contributed by atoms with Crippen LogP contribution >= 0.6 is 23.2 Å². The smallest absolute Gasteiger partial charge is 0.326 e. The molecule has 0 aliphatic rings. The summed E-state index contributed by atoms with van der Waals surface area (Å²) in [5.41, 5.74) is 0.394. The number of carboxylic acid groups (broad SMARTS) is 1. The van der Waals surface area contributed by atoms with E-state index in [4.69, 9.17) is 28.3 Å². The summed E-state index contributed by atoms with van der Waals surface area (Å²) in [6, 6.07) is 2.99. The minimum Gasteiger partial charge on any atom is -0.480 e. The van der Waals surface area contributed by atoms with Gasteiger partial charge in [0.2, 0.25) is 0 Å². The number of benzene rings is 1. The van der Waals surface area contributed by atoms with Crippen LogP contribution in [0.1, 0.15) is 13.3 Å². The fraction of sp³-hybridized carbons (Fsp3) is 0.273. The van der Waals surface area contributed by atoms with Crippen molar-refractivity contribution in [3.63, 3.8) is 0 Å². The largest absolute Gasteiger partial charge is 0.480 e. The van der Waals surface area contributed by atoms with Crippen LogP contribution < -0.4 is 10.6 Å². The first kappa shape index (κ1) is 14.6. The molecule has 0 saturated carbocycles. The number of carbonyl (C=O) groups is 2. The molecule has 1 aromatic carbocycles. The van der Waals surface area contributed by atoms with Crippen LogP contribution in [0.4, 0.5) is 10.5 Å². The Hall–Kier alpha value is -1.46. The molecular weight excluding hydrogens is 279 g/mol. The average Bonchev–Trinajstić information content (AvgIpc) is 2.23. The summed E-state index contributed by atoms with van der Waals surface area (Å²) < 4.78 is 0. The lowest BCUT2D eigenvalue weighted by molar-refractivity contribution is -0.139. The highest BCUT2D eigenvalue weighted by molar-refractivity contribution is 6.35. The van der Waals surface area contributed by atoms with E-state index < -0.39 is 18.0 Å². The number of nitrogens with one attached hydrogen (secondary N) is 2. The van der Waals surface area contributed by atoms with Crippen LogP contribution in [-0.2, 0) is 4.79 Å². The highest BCUT2D eigenvalue weighted by Crippen LogP contribution is 2.22. The number of carboxylic acids is 1. The van der Waals surface area contributed by atoms with E-state index in [1.807, 2.05) is 0 Å². The SMILES string of the molecule is CCC(NC(=O)Nc1cc(Cl)cc(Cl)c1)C(=O)O. The van der Waals surface area contributed by atoms with E-state index >= 15 is 0 Å². The van der Waals surface area contributed by atoms with Gasteiger partial charge in [-0.1, -0.05) is 30.1 Å². The highest BCUT2D eigenvalue weighted by atomic mass is 35.5. The fourth-order valence-corrected chi connectivity index (χ4v) is 1.82. The molecule has 0 saturated heterocycles. The molecule has 2 amide bonds. The lowest BCUT2D eigenvalue weighted by Crippen LogP contribution is -2.42. The minimum atomic E-state index is -1.09. The van der Waals surface area contributed by atoms with Crippen LogP contribution in [0.15, 0.2) is 18.2 Å². The first-order valence-electron chi connectivity index (χ1n) is 5.18. The molecule has 0 radical (unpaired) electrons. The molecule has 3 N–H and O–H groups in total. The number of anilines is 1. The summed E-state index contributed by atoms with van der Waals surface area (Å²) in [6.07, 6.45) is 0.291. The van der Waals surface area contributed by atoms with Gasteiger partial charge in [0.25, 0.3) is 0 Å². The second-order valence-corrected chi connectivity index (χ2v) is 4.43. The van der Waals surface area contributed by atoms with Crippen molar-refractivity contribution in [1.82, 2.24) is 5.32 Å². The van der Waals surface area contributed by atoms with Gasteiger partial charge in [-0.15, -0.1) is 0 Å². The molecule has 0 aromatic heterocycles. The summed E-state index contributed by atoms with van der Waals surface area (Å²) in [5, 5.41) is 14.3. The van der Waals surface area contributed by atoms with E-state index in [1.165, 1.54) is 18.2 Å². The molecule has 0 heterocycles. The van der Waals surface area contributed by atoms with Crippen molar-refractivity contribution in [3.8, 4) is 0 Å². The van der Waals surface area contributed by atoms with Crippen LogP contribution in [0.25, 0.3) is 0 Å². The summed E-state index contributed by atoms with van der Waals surface area (Å²) >= 11 is 11.5. The average molecular weight is 291 g/mol. The van der Waals surface area contributed by atoms with Crippen LogP contribution in [-0.4, -0.2) is 23.1 Å². The van der Waals surface area contributed by atoms with Crippen molar-refractivity contribution < 1.29 is 14.7 Å². The zero-order valence-corrected chi connectivity index (χ0v) is 11.0. The monoisotopic (exact) mass is 290 g/mol. The summed E-state index contributed by atoms with van der Waals surface area (Å²) in [7, 11) is 0. The van der Waals surface area contributed by atoms with E-state index in [-0.39, 0.29) is 0 Å². The van der Waals surface area contributed by atoms with E-state index in [2.05, 4.69) is 10.6 Å². The molecule has 0 bridgehead atoms. The molecule has 98 valence electrons.